The molecule has 2 aromatic heterocycles. The van der Waals surface area contributed by atoms with Gasteiger partial charge in [-0.1, -0.05) is 30.3 Å². The summed E-state index contributed by atoms with van der Waals surface area (Å²) < 4.78 is 27.7. The summed E-state index contributed by atoms with van der Waals surface area (Å²) in [4.78, 5) is 42.3. The van der Waals surface area contributed by atoms with E-state index >= 15 is 0 Å². The highest BCUT2D eigenvalue weighted by molar-refractivity contribution is 5.87. The number of aromatic nitrogens is 1. The first-order valence-electron chi connectivity index (χ1n) is 13.2. The average molecular weight is 571 g/mol. The van der Waals surface area contributed by atoms with Crippen molar-refractivity contribution in [1.82, 2.24) is 10.3 Å². The van der Waals surface area contributed by atoms with Gasteiger partial charge in [-0.05, 0) is 56.7 Å². The van der Waals surface area contributed by atoms with Gasteiger partial charge in [0.2, 0.25) is 11.2 Å². The molecule has 2 N–H and O–H groups in total. The average Bonchev–Trinajstić information content (AvgIpc) is 3.36. The SMILES string of the molecule is COc1ccccc1Oc1coc2cc(OC(=O)[C@@H](Cc3c[nH]c4ccccc34)NC(=O)OC(C)(C)C)ccc2c1=O. The van der Waals surface area contributed by atoms with Crippen LogP contribution in [0.25, 0.3) is 21.9 Å². The number of para-hydroxylation sites is 3. The number of rotatable bonds is 8. The summed E-state index contributed by atoms with van der Waals surface area (Å²) in [6, 6.07) is 17.9. The monoisotopic (exact) mass is 570 g/mol. The van der Waals surface area contributed by atoms with Crippen LogP contribution in [-0.2, 0) is 16.0 Å². The Hall–Kier alpha value is -5.25. The molecule has 0 fully saturated rings. The Kier molecular flexibility index (Phi) is 7.88. The number of carbonyl (C=O) groups excluding carboxylic acids is 2. The number of hydrogen-bond donors (Lipinski definition) is 2. The van der Waals surface area contributed by atoms with E-state index in [9.17, 15) is 14.4 Å². The zero-order chi connectivity index (χ0) is 29.9. The van der Waals surface area contributed by atoms with Crippen LogP contribution in [0.1, 0.15) is 26.3 Å². The van der Waals surface area contributed by atoms with E-state index in [1.54, 1.807) is 51.2 Å². The minimum atomic E-state index is -1.07. The highest BCUT2D eigenvalue weighted by atomic mass is 16.6. The third-order valence-corrected chi connectivity index (χ3v) is 6.30. The van der Waals surface area contributed by atoms with E-state index in [-0.39, 0.29) is 28.9 Å². The predicted molar refractivity (Wildman–Crippen MR) is 156 cm³/mol. The van der Waals surface area contributed by atoms with Crippen molar-refractivity contribution in [3.8, 4) is 23.0 Å². The van der Waals surface area contributed by atoms with Gasteiger partial charge < -0.3 is 33.7 Å². The van der Waals surface area contributed by atoms with Crippen molar-refractivity contribution >= 4 is 33.9 Å². The number of hydrogen-bond acceptors (Lipinski definition) is 8. The summed E-state index contributed by atoms with van der Waals surface area (Å²) in [5.74, 6) is 0.197. The number of nitrogens with one attached hydrogen (secondary N) is 2. The van der Waals surface area contributed by atoms with Crippen molar-refractivity contribution in [3.63, 3.8) is 0 Å². The topological polar surface area (TPSA) is 129 Å². The van der Waals surface area contributed by atoms with E-state index in [2.05, 4.69) is 10.3 Å². The van der Waals surface area contributed by atoms with Crippen molar-refractivity contribution in [2.24, 2.45) is 0 Å². The number of amides is 1. The Labute approximate surface area is 241 Å². The quantitative estimate of drug-likeness (QED) is 0.169. The molecule has 5 rings (SSSR count). The van der Waals surface area contributed by atoms with Crippen LogP contribution in [0.5, 0.6) is 23.0 Å². The molecule has 0 saturated carbocycles. The lowest BCUT2D eigenvalue weighted by Gasteiger charge is -2.23. The lowest BCUT2D eigenvalue weighted by atomic mass is 10.1. The van der Waals surface area contributed by atoms with Crippen molar-refractivity contribution in [2.75, 3.05) is 7.11 Å². The summed E-state index contributed by atoms with van der Waals surface area (Å²) in [5, 5.41) is 3.78. The fourth-order valence-electron chi connectivity index (χ4n) is 4.40. The molecule has 0 aliphatic heterocycles. The van der Waals surface area contributed by atoms with Crippen molar-refractivity contribution < 1.29 is 33.0 Å². The maximum atomic E-state index is 13.4. The third kappa shape index (κ3) is 6.38. The Morgan fingerprint density at radius 1 is 0.952 bits per heavy atom. The number of ether oxygens (including phenoxy) is 4. The maximum absolute atomic E-state index is 13.4. The first kappa shape index (κ1) is 28.3. The van der Waals surface area contributed by atoms with Crippen LogP contribution in [0.4, 0.5) is 4.79 Å². The molecular weight excluding hydrogens is 540 g/mol. The van der Waals surface area contributed by atoms with Gasteiger partial charge in [-0.3, -0.25) is 4.79 Å². The van der Waals surface area contributed by atoms with E-state index in [4.69, 9.17) is 23.4 Å². The van der Waals surface area contributed by atoms with Crippen molar-refractivity contribution in [2.45, 2.75) is 38.8 Å². The summed E-state index contributed by atoms with van der Waals surface area (Å²) in [6.45, 7) is 5.19. The number of alkyl carbamates (subject to hydrolysis) is 1. The lowest BCUT2D eigenvalue weighted by molar-refractivity contribution is -0.136. The number of esters is 1. The molecule has 0 aliphatic carbocycles. The van der Waals surface area contributed by atoms with Crippen molar-refractivity contribution in [1.29, 1.82) is 0 Å². The maximum Gasteiger partial charge on any atom is 0.408 e. The molecule has 10 heteroatoms. The molecule has 42 heavy (non-hydrogen) atoms. The second-order valence-corrected chi connectivity index (χ2v) is 10.5. The van der Waals surface area contributed by atoms with Gasteiger partial charge in [0.15, 0.2) is 11.5 Å². The molecule has 1 amide bonds. The zero-order valence-corrected chi connectivity index (χ0v) is 23.6. The van der Waals surface area contributed by atoms with Crippen LogP contribution in [0.15, 0.2) is 88.4 Å². The standard InChI is InChI=1S/C32H30N2O8/c1-32(2,3)42-31(37)34-24(15-19-17-33-23-10-6-5-9-21(19)23)30(36)40-20-13-14-22-27(16-20)39-18-28(29(22)35)41-26-12-8-7-11-25(26)38-4/h5-14,16-18,24,33H,15H2,1-4H3,(H,34,37)/t24-/m1/s1. The molecule has 3 aromatic carbocycles. The summed E-state index contributed by atoms with van der Waals surface area (Å²) in [7, 11) is 1.50. The van der Waals surface area contributed by atoms with Gasteiger partial charge in [0.25, 0.3) is 0 Å². The van der Waals surface area contributed by atoms with Crippen LogP contribution in [0, 0.1) is 0 Å². The van der Waals surface area contributed by atoms with Gasteiger partial charge in [-0.2, -0.15) is 0 Å². The summed E-state index contributed by atoms with van der Waals surface area (Å²) >= 11 is 0. The first-order valence-corrected chi connectivity index (χ1v) is 13.2. The van der Waals surface area contributed by atoms with Gasteiger partial charge in [0.05, 0.1) is 12.5 Å². The molecular formula is C32H30N2O8. The van der Waals surface area contributed by atoms with E-state index in [1.165, 1.54) is 31.6 Å². The zero-order valence-electron chi connectivity index (χ0n) is 23.6. The van der Waals surface area contributed by atoms with Crippen LogP contribution >= 0.6 is 0 Å². The Morgan fingerprint density at radius 3 is 2.45 bits per heavy atom. The number of aromatic amines is 1. The molecule has 0 unspecified atom stereocenters. The minimum absolute atomic E-state index is 0.0305. The molecule has 0 bridgehead atoms. The fourth-order valence-corrected chi connectivity index (χ4v) is 4.40. The van der Waals surface area contributed by atoms with Gasteiger partial charge in [-0.25, -0.2) is 9.59 Å². The van der Waals surface area contributed by atoms with Gasteiger partial charge in [0, 0.05) is 29.6 Å². The Bertz CT molecular complexity index is 1820. The van der Waals surface area contributed by atoms with Gasteiger partial charge in [0.1, 0.15) is 29.2 Å². The Balaban J connectivity index is 1.38. The molecule has 2 heterocycles. The smallest absolute Gasteiger partial charge is 0.408 e. The van der Waals surface area contributed by atoms with E-state index in [0.717, 1.165) is 16.5 Å². The highest BCUT2D eigenvalue weighted by Gasteiger charge is 2.27. The molecule has 0 aliphatic rings. The van der Waals surface area contributed by atoms with E-state index in [1.807, 2.05) is 24.3 Å². The van der Waals surface area contributed by atoms with E-state index < -0.39 is 29.1 Å². The molecule has 10 nitrogen and oxygen atoms in total. The number of carbonyl (C=O) groups is 2. The lowest BCUT2D eigenvalue weighted by Crippen LogP contribution is -2.46. The highest BCUT2D eigenvalue weighted by Crippen LogP contribution is 2.31. The molecule has 0 spiro atoms. The largest absolute Gasteiger partial charge is 0.493 e. The van der Waals surface area contributed by atoms with Gasteiger partial charge in [-0.15, -0.1) is 0 Å². The van der Waals surface area contributed by atoms with Crippen LogP contribution < -0.4 is 25.0 Å². The number of fused-ring (bicyclic) bond motifs is 2. The van der Waals surface area contributed by atoms with Crippen molar-refractivity contribution in [3.05, 3.63) is 95.0 Å². The van der Waals surface area contributed by atoms with Gasteiger partial charge >= 0.3 is 12.1 Å². The minimum Gasteiger partial charge on any atom is -0.493 e. The molecule has 0 radical (unpaired) electrons. The second-order valence-electron chi connectivity index (χ2n) is 10.5. The fraction of sp³-hybridized carbons (Fsp3) is 0.219. The van der Waals surface area contributed by atoms with Crippen LogP contribution in [0.2, 0.25) is 0 Å². The number of benzene rings is 3. The van der Waals surface area contributed by atoms with E-state index in [0.29, 0.717) is 11.5 Å². The molecule has 5 aromatic rings. The predicted octanol–water partition coefficient (Wildman–Crippen LogP) is 6.12. The normalized spacial score (nSPS) is 12.1. The Morgan fingerprint density at radius 2 is 1.69 bits per heavy atom. The van der Waals surface area contributed by atoms with Crippen LogP contribution in [0.3, 0.4) is 0 Å². The molecule has 216 valence electrons. The summed E-state index contributed by atoms with van der Waals surface area (Å²) in [5.41, 5.74) is 0.727. The first-order chi connectivity index (χ1) is 20.1. The summed E-state index contributed by atoms with van der Waals surface area (Å²) in [6.07, 6.45) is 2.37. The third-order valence-electron chi connectivity index (χ3n) is 6.30. The second kappa shape index (κ2) is 11.7. The molecule has 1 atom stereocenters. The molecule has 0 saturated heterocycles. The van der Waals surface area contributed by atoms with Crippen LogP contribution in [-0.4, -0.2) is 35.8 Å². The number of H-pyrrole nitrogens is 1. The number of methoxy groups -OCH3 is 1.